The molecule has 0 saturated carbocycles. The van der Waals surface area contributed by atoms with Gasteiger partial charge in [-0.05, 0) is 41.3 Å². The second-order valence-electron chi connectivity index (χ2n) is 4.58. The van der Waals surface area contributed by atoms with E-state index in [4.69, 9.17) is 10.5 Å². The van der Waals surface area contributed by atoms with E-state index in [2.05, 4.69) is 0 Å². The Morgan fingerprint density at radius 3 is 2.26 bits per heavy atom. The molecule has 0 saturated heterocycles. The summed E-state index contributed by atoms with van der Waals surface area (Å²) in [5.74, 6) is 0.828. The van der Waals surface area contributed by atoms with Crippen LogP contribution in [0.25, 0.3) is 0 Å². The number of methoxy groups -OCH3 is 1. The first-order valence-corrected chi connectivity index (χ1v) is 6.27. The van der Waals surface area contributed by atoms with Gasteiger partial charge < -0.3 is 15.6 Å². The van der Waals surface area contributed by atoms with Gasteiger partial charge in [-0.1, -0.05) is 30.3 Å². The van der Waals surface area contributed by atoms with Gasteiger partial charge in [0.2, 0.25) is 0 Å². The molecule has 0 bridgehead atoms. The smallest absolute Gasteiger partial charge is 0.121 e. The number of hydrogen-bond donors (Lipinski definition) is 2. The molecule has 100 valence electrons. The Morgan fingerprint density at radius 2 is 1.74 bits per heavy atom. The summed E-state index contributed by atoms with van der Waals surface area (Å²) < 4.78 is 5.22. The van der Waals surface area contributed by atoms with E-state index in [-0.39, 0.29) is 0 Å². The highest BCUT2D eigenvalue weighted by molar-refractivity contribution is 5.40. The molecule has 2 aromatic rings. The van der Waals surface area contributed by atoms with Crippen LogP contribution < -0.4 is 10.5 Å². The van der Waals surface area contributed by atoms with Crippen LogP contribution in [0.15, 0.2) is 42.5 Å². The van der Waals surface area contributed by atoms with Gasteiger partial charge in [-0.15, -0.1) is 0 Å². The number of aliphatic hydroxyl groups is 1. The first-order chi connectivity index (χ1) is 9.15. The van der Waals surface area contributed by atoms with Gasteiger partial charge in [0.1, 0.15) is 11.9 Å². The van der Waals surface area contributed by atoms with Gasteiger partial charge in [-0.25, -0.2) is 0 Å². The molecule has 0 heterocycles. The maximum absolute atomic E-state index is 10.4. The molecule has 3 heteroatoms. The fraction of sp³-hybridized carbons (Fsp3) is 0.250. The zero-order valence-electron chi connectivity index (χ0n) is 11.3. The van der Waals surface area contributed by atoms with Crippen molar-refractivity contribution in [1.82, 2.24) is 0 Å². The molecule has 19 heavy (non-hydrogen) atoms. The molecule has 1 atom stereocenters. The summed E-state index contributed by atoms with van der Waals surface area (Å²) in [4.78, 5) is 0. The first kappa shape index (κ1) is 13.6. The number of hydrogen-bond acceptors (Lipinski definition) is 3. The maximum atomic E-state index is 10.4. The van der Waals surface area contributed by atoms with Crippen LogP contribution in [-0.4, -0.2) is 12.2 Å². The second kappa shape index (κ2) is 5.87. The molecule has 0 amide bonds. The minimum absolute atomic E-state index is 0.512. The molecule has 0 aliphatic carbocycles. The summed E-state index contributed by atoms with van der Waals surface area (Å²) >= 11 is 0. The standard InChI is InChI=1S/C16H19NO2/c1-11-9-14(7-8-15(11)19-2)16(18)13-5-3-12(10-17)4-6-13/h3-9,16,18H,10,17H2,1-2H3. The Morgan fingerprint density at radius 1 is 1.11 bits per heavy atom. The molecule has 3 nitrogen and oxygen atoms in total. The topological polar surface area (TPSA) is 55.5 Å². The van der Waals surface area contributed by atoms with Crippen molar-refractivity contribution in [3.8, 4) is 5.75 Å². The molecule has 0 radical (unpaired) electrons. The quantitative estimate of drug-likeness (QED) is 0.885. The molecule has 2 rings (SSSR count). The highest BCUT2D eigenvalue weighted by atomic mass is 16.5. The summed E-state index contributed by atoms with van der Waals surface area (Å²) in [7, 11) is 1.64. The van der Waals surface area contributed by atoms with Crippen molar-refractivity contribution in [2.45, 2.75) is 19.6 Å². The van der Waals surface area contributed by atoms with E-state index in [0.717, 1.165) is 28.0 Å². The minimum Gasteiger partial charge on any atom is -0.496 e. The molecule has 0 aromatic heterocycles. The molecule has 0 aliphatic rings. The van der Waals surface area contributed by atoms with Gasteiger partial charge in [0.05, 0.1) is 7.11 Å². The Bertz CT molecular complexity index is 549. The van der Waals surface area contributed by atoms with Crippen LogP contribution in [0.1, 0.15) is 28.4 Å². The van der Waals surface area contributed by atoms with Crippen molar-refractivity contribution in [2.75, 3.05) is 7.11 Å². The van der Waals surface area contributed by atoms with E-state index in [0.29, 0.717) is 6.54 Å². The van der Waals surface area contributed by atoms with Crippen LogP contribution >= 0.6 is 0 Å². The lowest BCUT2D eigenvalue weighted by atomic mass is 9.99. The van der Waals surface area contributed by atoms with Gasteiger partial charge >= 0.3 is 0 Å². The SMILES string of the molecule is COc1ccc(C(O)c2ccc(CN)cc2)cc1C. The van der Waals surface area contributed by atoms with Crippen molar-refractivity contribution >= 4 is 0 Å². The predicted molar refractivity (Wildman–Crippen MR) is 76.1 cm³/mol. The van der Waals surface area contributed by atoms with E-state index >= 15 is 0 Å². The van der Waals surface area contributed by atoms with Crippen LogP contribution in [0.3, 0.4) is 0 Å². The van der Waals surface area contributed by atoms with Crippen LogP contribution in [0.5, 0.6) is 5.75 Å². The number of rotatable bonds is 4. The van der Waals surface area contributed by atoms with Gasteiger partial charge in [0.25, 0.3) is 0 Å². The fourth-order valence-corrected chi connectivity index (χ4v) is 2.10. The number of aryl methyl sites for hydroxylation is 1. The molecule has 0 spiro atoms. The van der Waals surface area contributed by atoms with Crippen molar-refractivity contribution in [2.24, 2.45) is 5.73 Å². The van der Waals surface area contributed by atoms with E-state index in [1.165, 1.54) is 0 Å². The molecular formula is C16H19NO2. The highest BCUT2D eigenvalue weighted by Crippen LogP contribution is 2.26. The van der Waals surface area contributed by atoms with Gasteiger partial charge in [0, 0.05) is 6.54 Å². The van der Waals surface area contributed by atoms with Crippen molar-refractivity contribution < 1.29 is 9.84 Å². The van der Waals surface area contributed by atoms with Crippen LogP contribution in [0.4, 0.5) is 0 Å². The second-order valence-corrected chi connectivity index (χ2v) is 4.58. The van der Waals surface area contributed by atoms with Crippen molar-refractivity contribution in [1.29, 1.82) is 0 Å². The predicted octanol–water partition coefficient (Wildman–Crippen LogP) is 2.54. The van der Waals surface area contributed by atoms with Crippen LogP contribution in [-0.2, 0) is 6.54 Å². The molecule has 2 aromatic carbocycles. The van der Waals surface area contributed by atoms with E-state index in [9.17, 15) is 5.11 Å². The molecule has 1 unspecified atom stereocenters. The summed E-state index contributed by atoms with van der Waals surface area (Å²) in [6.07, 6.45) is -0.628. The Kier molecular flexibility index (Phi) is 4.20. The van der Waals surface area contributed by atoms with E-state index in [1.807, 2.05) is 49.4 Å². The lowest BCUT2D eigenvalue weighted by Gasteiger charge is -2.14. The maximum Gasteiger partial charge on any atom is 0.121 e. The Labute approximate surface area is 113 Å². The van der Waals surface area contributed by atoms with Gasteiger partial charge in [-0.2, -0.15) is 0 Å². The Hall–Kier alpha value is -1.84. The van der Waals surface area contributed by atoms with Gasteiger partial charge in [0.15, 0.2) is 0 Å². The number of ether oxygens (including phenoxy) is 1. The average molecular weight is 257 g/mol. The molecule has 3 N–H and O–H groups in total. The summed E-state index contributed by atoms with van der Waals surface area (Å²) in [6.45, 7) is 2.48. The summed E-state index contributed by atoms with van der Waals surface area (Å²) in [5, 5.41) is 10.4. The third kappa shape index (κ3) is 2.95. The lowest BCUT2D eigenvalue weighted by molar-refractivity contribution is 0.220. The van der Waals surface area contributed by atoms with Gasteiger partial charge in [-0.3, -0.25) is 0 Å². The fourth-order valence-electron chi connectivity index (χ4n) is 2.10. The number of aliphatic hydroxyl groups excluding tert-OH is 1. The number of benzene rings is 2. The van der Waals surface area contributed by atoms with E-state index < -0.39 is 6.10 Å². The monoisotopic (exact) mass is 257 g/mol. The van der Waals surface area contributed by atoms with E-state index in [1.54, 1.807) is 7.11 Å². The minimum atomic E-state index is -0.628. The Balaban J connectivity index is 2.27. The summed E-state index contributed by atoms with van der Waals surface area (Å²) in [5.41, 5.74) is 9.35. The molecule has 0 fully saturated rings. The highest BCUT2D eigenvalue weighted by Gasteiger charge is 2.11. The summed E-state index contributed by atoms with van der Waals surface area (Å²) in [6, 6.07) is 13.4. The zero-order valence-corrected chi connectivity index (χ0v) is 11.3. The molecule has 0 aliphatic heterocycles. The third-order valence-corrected chi connectivity index (χ3v) is 3.27. The van der Waals surface area contributed by atoms with Crippen LogP contribution in [0, 0.1) is 6.92 Å². The van der Waals surface area contributed by atoms with Crippen LogP contribution in [0.2, 0.25) is 0 Å². The zero-order chi connectivity index (χ0) is 13.8. The largest absolute Gasteiger partial charge is 0.496 e. The molecular weight excluding hydrogens is 238 g/mol. The first-order valence-electron chi connectivity index (χ1n) is 6.27. The lowest BCUT2D eigenvalue weighted by Crippen LogP contribution is -2.02. The average Bonchev–Trinajstić information content (AvgIpc) is 2.46. The van der Waals surface area contributed by atoms with Crippen molar-refractivity contribution in [3.63, 3.8) is 0 Å². The number of nitrogens with two attached hydrogens (primary N) is 1. The normalized spacial score (nSPS) is 12.2. The third-order valence-electron chi connectivity index (χ3n) is 3.27. The van der Waals surface area contributed by atoms with Crippen molar-refractivity contribution in [3.05, 3.63) is 64.7 Å².